The zero-order valence-electron chi connectivity index (χ0n) is 25.6. The van der Waals surface area contributed by atoms with Crippen LogP contribution in [0, 0.1) is 0 Å². The third-order valence-corrected chi connectivity index (χ3v) is 10.2. The Kier molecular flexibility index (Phi) is 6.69. The van der Waals surface area contributed by atoms with Crippen LogP contribution in [0.1, 0.15) is 0 Å². The van der Waals surface area contributed by atoms with Crippen molar-refractivity contribution in [1.29, 1.82) is 0 Å². The van der Waals surface area contributed by atoms with Crippen molar-refractivity contribution in [1.82, 2.24) is 0 Å². The predicted octanol–water partition coefficient (Wildman–Crippen LogP) is 13.2. The summed E-state index contributed by atoms with van der Waals surface area (Å²) in [5.74, 6) is 0. The third-order valence-electron chi connectivity index (χ3n) is 9.00. The molecule has 0 unspecified atom stereocenters. The summed E-state index contributed by atoms with van der Waals surface area (Å²) in [4.78, 5) is 2.37. The lowest BCUT2D eigenvalue weighted by molar-refractivity contribution is 1.30. The first-order valence-corrected chi connectivity index (χ1v) is 16.7. The first kappa shape index (κ1) is 27.4. The van der Waals surface area contributed by atoms with Crippen LogP contribution in [0.4, 0.5) is 28.4 Å². The Morgan fingerprint density at radius 2 is 1.04 bits per heavy atom. The van der Waals surface area contributed by atoms with Crippen molar-refractivity contribution in [3.63, 3.8) is 0 Å². The third kappa shape index (κ3) is 4.98. The highest BCUT2D eigenvalue weighted by molar-refractivity contribution is 7.25. The van der Waals surface area contributed by atoms with Crippen molar-refractivity contribution in [2.24, 2.45) is 0 Å². The van der Waals surface area contributed by atoms with Gasteiger partial charge in [-0.25, -0.2) is 0 Å². The molecule has 222 valence electrons. The summed E-state index contributed by atoms with van der Waals surface area (Å²) in [6.07, 6.45) is 0. The van der Waals surface area contributed by atoms with Gasteiger partial charge in [0.05, 0.1) is 5.69 Å². The second-order valence-corrected chi connectivity index (χ2v) is 13.0. The van der Waals surface area contributed by atoms with E-state index in [4.69, 9.17) is 0 Å². The van der Waals surface area contributed by atoms with E-state index in [0.717, 1.165) is 28.4 Å². The molecular weight excluding hydrogens is 589 g/mol. The summed E-state index contributed by atoms with van der Waals surface area (Å²) in [6.45, 7) is 0. The molecule has 0 aliphatic carbocycles. The van der Waals surface area contributed by atoms with E-state index in [9.17, 15) is 0 Å². The van der Waals surface area contributed by atoms with E-state index in [0.29, 0.717) is 0 Å². The maximum absolute atomic E-state index is 3.71. The molecular formula is C44H30N2S. The van der Waals surface area contributed by atoms with Gasteiger partial charge >= 0.3 is 0 Å². The lowest BCUT2D eigenvalue weighted by Gasteiger charge is -2.27. The number of nitrogens with one attached hydrogen (secondary N) is 1. The van der Waals surface area contributed by atoms with E-state index in [1.54, 1.807) is 0 Å². The van der Waals surface area contributed by atoms with Gasteiger partial charge in [-0.3, -0.25) is 0 Å². The first-order chi connectivity index (χ1) is 23.3. The maximum atomic E-state index is 3.71. The molecule has 0 spiro atoms. The molecule has 2 nitrogen and oxygen atoms in total. The van der Waals surface area contributed by atoms with Crippen molar-refractivity contribution >= 4 is 81.5 Å². The Morgan fingerprint density at radius 3 is 1.89 bits per heavy atom. The first-order valence-electron chi connectivity index (χ1n) is 15.9. The summed E-state index contributed by atoms with van der Waals surface area (Å²) in [6, 6.07) is 63.3. The molecule has 47 heavy (non-hydrogen) atoms. The molecule has 0 aliphatic rings. The average molecular weight is 619 g/mol. The standard InChI is InChI=1S/C44H30N2S/c1-3-16-37-30(10-1)12-7-19-38(37)32-22-25-35(26-23-32)46(42-20-8-13-31-11-2-4-17-39(31)42)36-15-9-14-33(28-36)45-34-24-27-44-41(29-34)40-18-5-6-21-43(40)47-44/h1-29,45H. The van der Waals surface area contributed by atoms with Gasteiger partial charge in [-0.15, -0.1) is 11.3 Å². The minimum absolute atomic E-state index is 1.04. The van der Waals surface area contributed by atoms with Crippen LogP contribution in [0.2, 0.25) is 0 Å². The van der Waals surface area contributed by atoms with E-state index in [1.165, 1.54) is 52.8 Å². The lowest BCUT2D eigenvalue weighted by atomic mass is 9.98. The molecule has 9 rings (SSSR count). The SMILES string of the molecule is c1cc(Nc2ccc3sc4ccccc4c3c2)cc(N(c2ccc(-c3cccc4ccccc34)cc2)c2cccc3ccccc23)c1. The fourth-order valence-electron chi connectivity index (χ4n) is 6.79. The Bertz CT molecular complexity index is 2550. The zero-order valence-corrected chi connectivity index (χ0v) is 26.4. The number of nitrogens with zero attached hydrogens (tertiary/aromatic N) is 1. The Balaban J connectivity index is 1.13. The average Bonchev–Trinajstić information content (AvgIpc) is 3.50. The Labute approximate surface area is 277 Å². The summed E-state index contributed by atoms with van der Waals surface area (Å²) in [7, 11) is 0. The molecule has 0 saturated heterocycles. The van der Waals surface area contributed by atoms with Crippen LogP contribution in [0.3, 0.4) is 0 Å². The van der Waals surface area contributed by atoms with Gasteiger partial charge in [0.1, 0.15) is 0 Å². The smallest absolute Gasteiger partial charge is 0.0540 e. The van der Waals surface area contributed by atoms with E-state index in [-0.39, 0.29) is 0 Å². The molecule has 0 saturated carbocycles. The second kappa shape index (κ2) is 11.5. The molecule has 1 heterocycles. The number of rotatable bonds is 6. The molecule has 1 N–H and O–H groups in total. The maximum Gasteiger partial charge on any atom is 0.0540 e. The molecule has 0 radical (unpaired) electrons. The van der Waals surface area contributed by atoms with Crippen molar-refractivity contribution in [3.8, 4) is 11.1 Å². The van der Waals surface area contributed by atoms with Gasteiger partial charge in [0, 0.05) is 48.3 Å². The van der Waals surface area contributed by atoms with Gasteiger partial charge in [-0.2, -0.15) is 0 Å². The summed E-state index contributed by atoms with van der Waals surface area (Å²) in [5.41, 5.74) is 7.90. The van der Waals surface area contributed by atoms with Gasteiger partial charge < -0.3 is 10.2 Å². The molecule has 0 aliphatic heterocycles. The topological polar surface area (TPSA) is 15.3 Å². The van der Waals surface area contributed by atoms with Crippen LogP contribution >= 0.6 is 11.3 Å². The molecule has 0 fully saturated rings. The Hall–Kier alpha value is -5.90. The van der Waals surface area contributed by atoms with Crippen molar-refractivity contribution < 1.29 is 0 Å². The second-order valence-electron chi connectivity index (χ2n) is 11.9. The monoisotopic (exact) mass is 618 g/mol. The van der Waals surface area contributed by atoms with Gasteiger partial charge in [-0.1, -0.05) is 115 Å². The van der Waals surface area contributed by atoms with Gasteiger partial charge in [-0.05, 0) is 87.9 Å². The van der Waals surface area contributed by atoms with Crippen LogP contribution in [0.15, 0.2) is 176 Å². The van der Waals surface area contributed by atoms with E-state index in [2.05, 4.69) is 186 Å². The van der Waals surface area contributed by atoms with Gasteiger partial charge in [0.2, 0.25) is 0 Å². The molecule has 1 aromatic heterocycles. The lowest BCUT2D eigenvalue weighted by Crippen LogP contribution is -2.10. The largest absolute Gasteiger partial charge is 0.355 e. The van der Waals surface area contributed by atoms with Crippen LogP contribution in [0.25, 0.3) is 52.8 Å². The fourth-order valence-corrected chi connectivity index (χ4v) is 7.88. The van der Waals surface area contributed by atoms with Gasteiger partial charge in [0.25, 0.3) is 0 Å². The predicted molar refractivity (Wildman–Crippen MR) is 204 cm³/mol. The van der Waals surface area contributed by atoms with Gasteiger partial charge in [0.15, 0.2) is 0 Å². The molecule has 0 bridgehead atoms. The number of benzene rings is 8. The van der Waals surface area contributed by atoms with Crippen LogP contribution in [-0.4, -0.2) is 0 Å². The minimum Gasteiger partial charge on any atom is -0.355 e. The Morgan fingerprint density at radius 1 is 0.404 bits per heavy atom. The van der Waals surface area contributed by atoms with Crippen LogP contribution < -0.4 is 10.2 Å². The minimum atomic E-state index is 1.04. The number of thiophene rings is 1. The number of hydrogen-bond acceptors (Lipinski definition) is 3. The highest BCUT2D eigenvalue weighted by atomic mass is 32.1. The van der Waals surface area contributed by atoms with Crippen LogP contribution in [-0.2, 0) is 0 Å². The molecule has 9 aromatic rings. The van der Waals surface area contributed by atoms with Crippen LogP contribution in [0.5, 0.6) is 0 Å². The summed E-state index contributed by atoms with van der Waals surface area (Å²) >= 11 is 1.84. The quantitative estimate of drug-likeness (QED) is 0.199. The normalized spacial score (nSPS) is 11.4. The van der Waals surface area contributed by atoms with Crippen molar-refractivity contribution in [2.45, 2.75) is 0 Å². The van der Waals surface area contributed by atoms with Crippen molar-refractivity contribution in [2.75, 3.05) is 10.2 Å². The molecule has 0 atom stereocenters. The van der Waals surface area contributed by atoms with E-state index < -0.39 is 0 Å². The molecule has 3 heteroatoms. The fraction of sp³-hybridized carbons (Fsp3) is 0. The molecule has 8 aromatic carbocycles. The highest BCUT2D eigenvalue weighted by Gasteiger charge is 2.16. The number of anilines is 5. The van der Waals surface area contributed by atoms with Crippen molar-refractivity contribution in [3.05, 3.63) is 176 Å². The van der Waals surface area contributed by atoms with E-state index in [1.807, 2.05) is 11.3 Å². The number of fused-ring (bicyclic) bond motifs is 5. The summed E-state index contributed by atoms with van der Waals surface area (Å²) < 4.78 is 2.62. The summed E-state index contributed by atoms with van der Waals surface area (Å²) in [5, 5.41) is 11.2. The van der Waals surface area contributed by atoms with E-state index >= 15 is 0 Å². The molecule has 0 amide bonds. The number of hydrogen-bond donors (Lipinski definition) is 1. The zero-order chi connectivity index (χ0) is 31.2. The highest BCUT2D eigenvalue weighted by Crippen LogP contribution is 2.41.